The molecule has 34 heavy (non-hydrogen) atoms. The normalized spacial score (nSPS) is 20.4. The lowest BCUT2D eigenvalue weighted by Crippen LogP contribution is -2.46. The van der Waals surface area contributed by atoms with Crippen molar-refractivity contribution in [1.29, 1.82) is 0 Å². The molecule has 1 fully saturated rings. The van der Waals surface area contributed by atoms with Gasteiger partial charge in [-0.05, 0) is 85.4 Å². The highest BCUT2D eigenvalue weighted by atomic mass is 16.5. The van der Waals surface area contributed by atoms with Crippen LogP contribution in [0.5, 0.6) is 11.5 Å². The van der Waals surface area contributed by atoms with Gasteiger partial charge in [-0.15, -0.1) is 0 Å². The van der Waals surface area contributed by atoms with Crippen molar-refractivity contribution in [1.82, 2.24) is 0 Å². The molecule has 3 rings (SSSR count). The summed E-state index contributed by atoms with van der Waals surface area (Å²) in [6, 6.07) is 11.7. The minimum absolute atomic E-state index is 0.0521. The van der Waals surface area contributed by atoms with Crippen LogP contribution in [0.2, 0.25) is 0 Å². The number of aryl methyl sites for hydroxylation is 1. The molecule has 0 radical (unpaired) electrons. The van der Waals surface area contributed by atoms with Crippen molar-refractivity contribution in [2.45, 2.75) is 84.3 Å². The van der Waals surface area contributed by atoms with Gasteiger partial charge in [0.2, 0.25) is 0 Å². The molecule has 0 spiro atoms. The fourth-order valence-corrected chi connectivity index (χ4v) is 5.31. The molecule has 0 amide bonds. The predicted molar refractivity (Wildman–Crippen MR) is 135 cm³/mol. The van der Waals surface area contributed by atoms with Gasteiger partial charge in [0.05, 0.1) is 6.10 Å². The van der Waals surface area contributed by atoms with Crippen molar-refractivity contribution >= 4 is 12.0 Å². The summed E-state index contributed by atoms with van der Waals surface area (Å²) in [6.07, 6.45) is 6.32. The first-order chi connectivity index (χ1) is 16.0. The number of phenolic OH excluding ortho intramolecular Hbond substituents is 1. The molecule has 184 valence electrons. The van der Waals surface area contributed by atoms with Crippen LogP contribution in [-0.4, -0.2) is 33.5 Å². The molecule has 2 atom stereocenters. The number of aromatic hydroxyl groups is 1. The number of rotatable bonds is 8. The summed E-state index contributed by atoms with van der Waals surface area (Å²) < 4.78 is 6.32. The van der Waals surface area contributed by atoms with E-state index in [-0.39, 0.29) is 22.7 Å². The molecule has 0 saturated heterocycles. The van der Waals surface area contributed by atoms with E-state index >= 15 is 0 Å². The van der Waals surface area contributed by atoms with Crippen LogP contribution >= 0.6 is 0 Å². The Morgan fingerprint density at radius 2 is 1.79 bits per heavy atom. The zero-order valence-corrected chi connectivity index (χ0v) is 21.0. The van der Waals surface area contributed by atoms with Crippen LogP contribution in [0.4, 0.5) is 0 Å². The quantitative estimate of drug-likeness (QED) is 0.402. The van der Waals surface area contributed by atoms with E-state index < -0.39 is 12.1 Å². The third-order valence-electron chi connectivity index (χ3n) is 7.66. The lowest BCUT2D eigenvalue weighted by molar-refractivity contribution is -0.131. The van der Waals surface area contributed by atoms with Gasteiger partial charge < -0.3 is 20.1 Å². The number of carbonyl (C=O) groups is 1. The molecule has 5 heteroatoms. The predicted octanol–water partition coefficient (Wildman–Crippen LogP) is 6.22. The minimum atomic E-state index is -1.06. The van der Waals surface area contributed by atoms with Gasteiger partial charge in [0.15, 0.2) is 0 Å². The van der Waals surface area contributed by atoms with Crippen LogP contribution in [0.3, 0.4) is 0 Å². The topological polar surface area (TPSA) is 87.0 Å². The summed E-state index contributed by atoms with van der Waals surface area (Å²) >= 11 is 0. The molecule has 1 aliphatic carbocycles. The number of carboxylic acids is 1. The van der Waals surface area contributed by atoms with E-state index in [2.05, 4.69) is 39.8 Å². The first-order valence-corrected chi connectivity index (χ1v) is 12.2. The monoisotopic (exact) mass is 466 g/mol. The van der Waals surface area contributed by atoms with Gasteiger partial charge in [-0.25, -0.2) is 4.79 Å². The largest absolute Gasteiger partial charge is 0.507 e. The summed E-state index contributed by atoms with van der Waals surface area (Å²) in [5.41, 5.74) is 3.22. The molecular formula is C29H38O5. The Morgan fingerprint density at radius 1 is 1.15 bits per heavy atom. The van der Waals surface area contributed by atoms with E-state index in [4.69, 9.17) is 9.84 Å². The molecule has 3 N–H and O–H groups in total. The number of aliphatic hydroxyl groups excluding tert-OH is 1. The lowest BCUT2D eigenvalue weighted by Gasteiger charge is -2.40. The lowest BCUT2D eigenvalue weighted by atomic mass is 9.70. The van der Waals surface area contributed by atoms with Crippen molar-refractivity contribution < 1.29 is 24.9 Å². The van der Waals surface area contributed by atoms with Gasteiger partial charge in [0.1, 0.15) is 17.6 Å². The second kappa shape index (κ2) is 10.2. The van der Waals surface area contributed by atoms with Crippen molar-refractivity contribution in [2.75, 3.05) is 0 Å². The number of benzene rings is 2. The van der Waals surface area contributed by atoms with E-state index in [1.165, 1.54) is 6.08 Å². The Balaban J connectivity index is 1.96. The van der Waals surface area contributed by atoms with Crippen LogP contribution in [-0.2, 0) is 10.2 Å². The van der Waals surface area contributed by atoms with Crippen LogP contribution in [0.15, 0.2) is 42.5 Å². The van der Waals surface area contributed by atoms with Gasteiger partial charge in [-0.1, -0.05) is 45.9 Å². The van der Waals surface area contributed by atoms with Crippen molar-refractivity contribution in [3.05, 3.63) is 64.7 Å². The first-order valence-electron chi connectivity index (χ1n) is 12.2. The number of aliphatic carboxylic acids is 1. The number of phenols is 1. The second-order valence-electron chi connectivity index (χ2n) is 10.2. The average molecular weight is 467 g/mol. The molecule has 0 bridgehead atoms. The summed E-state index contributed by atoms with van der Waals surface area (Å²) in [5.74, 6) is -0.210. The van der Waals surface area contributed by atoms with E-state index in [1.54, 1.807) is 6.07 Å². The Kier molecular flexibility index (Phi) is 7.77. The molecule has 1 saturated carbocycles. The van der Waals surface area contributed by atoms with Crippen molar-refractivity contribution in [3.8, 4) is 11.5 Å². The molecule has 0 aliphatic heterocycles. The molecule has 5 nitrogen and oxygen atoms in total. The van der Waals surface area contributed by atoms with E-state index in [0.717, 1.165) is 60.6 Å². The van der Waals surface area contributed by atoms with Gasteiger partial charge in [0, 0.05) is 17.1 Å². The summed E-state index contributed by atoms with van der Waals surface area (Å²) in [4.78, 5) is 11.0. The molecule has 0 aromatic heterocycles. The number of carboxylic acid groups (broad SMARTS) is 1. The number of hydrogen-bond donors (Lipinski definition) is 3. The summed E-state index contributed by atoms with van der Waals surface area (Å²) in [6.45, 7) is 10.5. The highest BCUT2D eigenvalue weighted by Crippen LogP contribution is 2.43. The zero-order valence-electron chi connectivity index (χ0n) is 21.0. The van der Waals surface area contributed by atoms with Gasteiger partial charge >= 0.3 is 5.97 Å². The van der Waals surface area contributed by atoms with Crippen LogP contribution in [0.25, 0.3) is 6.08 Å². The fourth-order valence-electron chi connectivity index (χ4n) is 5.31. The first kappa shape index (κ1) is 25.8. The minimum Gasteiger partial charge on any atom is -0.507 e. The third-order valence-corrected chi connectivity index (χ3v) is 7.66. The number of aliphatic hydroxyl groups is 1. The maximum Gasteiger partial charge on any atom is 0.328 e. The standard InChI is InChI=1S/C29H38O5/c1-6-29(7-2,22-11-13-23(30)20(18-22)10-15-26(31)32)21-12-14-24(19(3)17-21)34-25-9-8-16-28(4,5)27(25)33/h10-15,17-18,25,27,30,33H,6-9,16H2,1-5H3,(H,31,32)/b15-10+. The van der Waals surface area contributed by atoms with E-state index in [0.29, 0.717) is 5.56 Å². The summed E-state index contributed by atoms with van der Waals surface area (Å²) in [7, 11) is 0. The molecule has 1 aliphatic rings. The smallest absolute Gasteiger partial charge is 0.328 e. The molecule has 2 unspecified atom stereocenters. The second-order valence-corrected chi connectivity index (χ2v) is 10.2. The van der Waals surface area contributed by atoms with Crippen LogP contribution in [0, 0.1) is 12.3 Å². The third kappa shape index (κ3) is 5.15. The van der Waals surface area contributed by atoms with Gasteiger partial charge in [-0.2, -0.15) is 0 Å². The van der Waals surface area contributed by atoms with Crippen LogP contribution in [0.1, 0.15) is 82.1 Å². The average Bonchev–Trinajstić information content (AvgIpc) is 2.79. The zero-order chi connectivity index (χ0) is 25.1. The Bertz CT molecular complexity index is 1050. The maximum absolute atomic E-state index is 11.0. The number of ether oxygens (including phenoxy) is 1. The van der Waals surface area contributed by atoms with E-state index in [9.17, 15) is 15.0 Å². The van der Waals surface area contributed by atoms with Crippen molar-refractivity contribution in [3.63, 3.8) is 0 Å². The fraction of sp³-hybridized carbons (Fsp3) is 0.483. The highest BCUT2D eigenvalue weighted by Gasteiger charge is 2.39. The molecular weight excluding hydrogens is 428 g/mol. The highest BCUT2D eigenvalue weighted by molar-refractivity contribution is 5.86. The molecule has 2 aromatic rings. The number of hydrogen-bond acceptors (Lipinski definition) is 4. The maximum atomic E-state index is 11.0. The van der Waals surface area contributed by atoms with Gasteiger partial charge in [0.25, 0.3) is 0 Å². The van der Waals surface area contributed by atoms with Crippen molar-refractivity contribution in [2.24, 2.45) is 5.41 Å². The van der Waals surface area contributed by atoms with Crippen LogP contribution < -0.4 is 4.74 Å². The SMILES string of the molecule is CCC(CC)(c1ccc(OC2CCCC(C)(C)C2O)c(C)c1)c1ccc(O)c(/C=C/C(=O)O)c1. The Hall–Kier alpha value is -2.79. The molecule has 0 heterocycles. The Labute approximate surface area is 203 Å². The van der Waals surface area contributed by atoms with E-state index in [1.807, 2.05) is 25.1 Å². The summed E-state index contributed by atoms with van der Waals surface area (Å²) in [5, 5.41) is 30.0. The Morgan fingerprint density at radius 3 is 2.41 bits per heavy atom. The molecule has 2 aromatic carbocycles. The van der Waals surface area contributed by atoms with Gasteiger partial charge in [-0.3, -0.25) is 0 Å².